The van der Waals surface area contributed by atoms with E-state index in [-0.39, 0.29) is 18.9 Å². The van der Waals surface area contributed by atoms with Gasteiger partial charge >= 0.3 is 12.1 Å². The second-order valence-corrected chi connectivity index (χ2v) is 8.87. The topological polar surface area (TPSA) is 51.5 Å². The maximum atomic E-state index is 13.8. The van der Waals surface area contributed by atoms with Crippen LogP contribution in [0.2, 0.25) is 0 Å². The number of rotatable bonds is 7. The molecule has 0 bridgehead atoms. The van der Waals surface area contributed by atoms with Crippen molar-refractivity contribution in [1.82, 2.24) is 4.57 Å². The van der Waals surface area contributed by atoms with Crippen molar-refractivity contribution in [2.45, 2.75) is 70.7 Å². The summed E-state index contributed by atoms with van der Waals surface area (Å²) in [4.78, 5) is 10.9. The van der Waals surface area contributed by atoms with Crippen molar-refractivity contribution in [2.75, 3.05) is 0 Å². The molecular formula is C26H28F3NO3. The zero-order valence-electron chi connectivity index (χ0n) is 18.6. The molecule has 2 aromatic carbocycles. The van der Waals surface area contributed by atoms with Gasteiger partial charge < -0.3 is 14.4 Å². The standard InChI is InChI=1S/C26H28F3NO3/c1-17-13-21(15-20-9-11-30(25(17)20)12-10-24(31)32)33-16-18-7-8-22(19-5-3-2-4-6-19)23(14-18)26(27,28)29/h7-9,11,13-15,19H,2-6,10,12,16H2,1H3,(H,31,32). The second kappa shape index (κ2) is 9.49. The van der Waals surface area contributed by atoms with Crippen LogP contribution in [0.3, 0.4) is 0 Å². The summed E-state index contributed by atoms with van der Waals surface area (Å²) in [7, 11) is 0. The van der Waals surface area contributed by atoms with Crippen LogP contribution in [0.1, 0.15) is 66.7 Å². The van der Waals surface area contributed by atoms with Crippen LogP contribution in [-0.4, -0.2) is 15.6 Å². The summed E-state index contributed by atoms with van der Waals surface area (Å²) in [6.07, 6.45) is 2.14. The van der Waals surface area contributed by atoms with Gasteiger partial charge in [-0.2, -0.15) is 13.2 Å². The Morgan fingerprint density at radius 3 is 2.58 bits per heavy atom. The molecule has 1 aliphatic carbocycles. The fraction of sp³-hybridized carbons (Fsp3) is 0.423. The van der Waals surface area contributed by atoms with Gasteiger partial charge in [0.05, 0.1) is 17.5 Å². The smallest absolute Gasteiger partial charge is 0.416 e. The van der Waals surface area contributed by atoms with Gasteiger partial charge in [0.15, 0.2) is 0 Å². The number of aliphatic carboxylic acids is 1. The van der Waals surface area contributed by atoms with Gasteiger partial charge in [0.1, 0.15) is 12.4 Å². The predicted molar refractivity (Wildman–Crippen MR) is 121 cm³/mol. The van der Waals surface area contributed by atoms with Gasteiger partial charge in [-0.3, -0.25) is 4.79 Å². The first-order valence-electron chi connectivity index (χ1n) is 11.4. The number of carboxylic acids is 1. The number of fused-ring (bicyclic) bond motifs is 1. The zero-order chi connectivity index (χ0) is 23.6. The second-order valence-electron chi connectivity index (χ2n) is 8.87. The van der Waals surface area contributed by atoms with Gasteiger partial charge in [-0.25, -0.2) is 0 Å². The van der Waals surface area contributed by atoms with Crippen LogP contribution in [0.25, 0.3) is 10.9 Å². The average molecular weight is 460 g/mol. The van der Waals surface area contributed by atoms with Crippen LogP contribution < -0.4 is 4.74 Å². The molecule has 1 fully saturated rings. The van der Waals surface area contributed by atoms with Crippen LogP contribution in [0.15, 0.2) is 42.6 Å². The van der Waals surface area contributed by atoms with E-state index in [1.54, 1.807) is 12.1 Å². The fourth-order valence-corrected chi connectivity index (χ4v) is 4.90. The van der Waals surface area contributed by atoms with E-state index in [1.165, 1.54) is 6.07 Å². The molecule has 1 saturated carbocycles. The first-order chi connectivity index (χ1) is 15.7. The molecule has 1 N–H and O–H groups in total. The summed E-state index contributed by atoms with van der Waals surface area (Å²) >= 11 is 0. The lowest BCUT2D eigenvalue weighted by molar-refractivity contribution is -0.139. The third kappa shape index (κ3) is 5.34. The molecule has 0 unspecified atom stereocenters. The molecule has 0 atom stereocenters. The number of aryl methyl sites for hydroxylation is 2. The predicted octanol–water partition coefficient (Wildman–Crippen LogP) is 7.07. The maximum Gasteiger partial charge on any atom is 0.416 e. The summed E-state index contributed by atoms with van der Waals surface area (Å²) in [5.74, 6) is -0.316. The third-order valence-electron chi connectivity index (χ3n) is 6.46. The average Bonchev–Trinajstić information content (AvgIpc) is 3.19. The molecule has 7 heteroatoms. The lowest BCUT2D eigenvalue weighted by Gasteiger charge is -2.25. The summed E-state index contributed by atoms with van der Waals surface area (Å²) in [5, 5.41) is 9.84. The van der Waals surface area contributed by atoms with E-state index in [9.17, 15) is 18.0 Å². The number of carbonyl (C=O) groups is 1. The minimum absolute atomic E-state index is 0.0273. The van der Waals surface area contributed by atoms with Crippen molar-refractivity contribution in [3.63, 3.8) is 0 Å². The number of halogens is 3. The van der Waals surface area contributed by atoms with Gasteiger partial charge in [-0.1, -0.05) is 31.4 Å². The molecule has 0 aliphatic heterocycles. The van der Waals surface area contributed by atoms with E-state index >= 15 is 0 Å². The molecule has 4 rings (SSSR count). The Labute approximate surface area is 191 Å². The largest absolute Gasteiger partial charge is 0.489 e. The number of alkyl halides is 3. The monoisotopic (exact) mass is 459 g/mol. The zero-order valence-corrected chi connectivity index (χ0v) is 18.6. The first kappa shape index (κ1) is 23.2. The number of aromatic nitrogens is 1. The van der Waals surface area contributed by atoms with Crippen molar-refractivity contribution < 1.29 is 27.8 Å². The molecule has 176 valence electrons. The Morgan fingerprint density at radius 2 is 1.88 bits per heavy atom. The Kier molecular flexibility index (Phi) is 6.68. The summed E-state index contributed by atoms with van der Waals surface area (Å²) in [5.41, 5.74) is 2.20. The lowest BCUT2D eigenvalue weighted by atomic mass is 9.81. The Hall–Kier alpha value is -2.96. The molecule has 0 spiro atoms. The quantitative estimate of drug-likeness (QED) is 0.411. The van der Waals surface area contributed by atoms with Gasteiger partial charge in [-0.05, 0) is 66.6 Å². The molecule has 4 nitrogen and oxygen atoms in total. The number of nitrogens with zero attached hydrogens (tertiary/aromatic N) is 1. The van der Waals surface area contributed by atoms with E-state index in [1.807, 2.05) is 35.9 Å². The molecule has 0 amide bonds. The molecule has 33 heavy (non-hydrogen) atoms. The highest BCUT2D eigenvalue weighted by Crippen LogP contribution is 2.41. The minimum Gasteiger partial charge on any atom is -0.489 e. The first-order valence-corrected chi connectivity index (χ1v) is 11.4. The SMILES string of the molecule is Cc1cc(OCc2ccc(C3CCCCC3)c(C(F)(F)F)c2)cc2ccn(CCC(=O)O)c12. The van der Waals surface area contributed by atoms with Gasteiger partial charge in [-0.15, -0.1) is 0 Å². The number of hydrogen-bond donors (Lipinski definition) is 1. The Bertz CT molecular complexity index is 1140. The van der Waals surface area contributed by atoms with Crippen molar-refractivity contribution in [1.29, 1.82) is 0 Å². The minimum atomic E-state index is -4.39. The Balaban J connectivity index is 1.53. The number of benzene rings is 2. The highest BCUT2D eigenvalue weighted by Gasteiger charge is 2.35. The van der Waals surface area contributed by atoms with Crippen LogP contribution in [0.4, 0.5) is 13.2 Å². The molecule has 1 aliphatic rings. The van der Waals surface area contributed by atoms with Gasteiger partial charge in [0.25, 0.3) is 0 Å². The van der Waals surface area contributed by atoms with Crippen LogP contribution in [-0.2, 0) is 24.1 Å². The van der Waals surface area contributed by atoms with Crippen molar-refractivity contribution in [2.24, 2.45) is 0 Å². The molecule has 0 radical (unpaired) electrons. The molecule has 0 saturated heterocycles. The summed E-state index contributed by atoms with van der Waals surface area (Å²) < 4.78 is 49.2. The number of ether oxygens (including phenoxy) is 1. The maximum absolute atomic E-state index is 13.8. The highest BCUT2D eigenvalue weighted by molar-refractivity contribution is 5.85. The molecule has 1 heterocycles. The van der Waals surface area contributed by atoms with Crippen molar-refractivity contribution in [3.05, 3.63) is 64.8 Å². The summed E-state index contributed by atoms with van der Waals surface area (Å²) in [6.45, 7) is 2.32. The third-order valence-corrected chi connectivity index (χ3v) is 6.46. The lowest BCUT2D eigenvalue weighted by Crippen LogP contribution is -2.15. The van der Waals surface area contributed by atoms with E-state index in [0.29, 0.717) is 23.4 Å². The van der Waals surface area contributed by atoms with Crippen LogP contribution >= 0.6 is 0 Å². The molecular weight excluding hydrogens is 431 g/mol. The van der Waals surface area contributed by atoms with Gasteiger partial charge in [0, 0.05) is 18.1 Å². The highest BCUT2D eigenvalue weighted by atomic mass is 19.4. The fourth-order valence-electron chi connectivity index (χ4n) is 4.90. The molecule has 1 aromatic heterocycles. The summed E-state index contributed by atoms with van der Waals surface area (Å²) in [6, 6.07) is 10.2. The Morgan fingerprint density at radius 1 is 1.12 bits per heavy atom. The normalized spacial score (nSPS) is 15.2. The van der Waals surface area contributed by atoms with E-state index < -0.39 is 17.7 Å². The van der Waals surface area contributed by atoms with Crippen LogP contribution in [0.5, 0.6) is 5.75 Å². The van der Waals surface area contributed by atoms with Crippen molar-refractivity contribution >= 4 is 16.9 Å². The molecule has 3 aromatic rings. The van der Waals surface area contributed by atoms with Crippen LogP contribution in [0, 0.1) is 6.92 Å². The van der Waals surface area contributed by atoms with E-state index in [0.717, 1.165) is 48.6 Å². The van der Waals surface area contributed by atoms with E-state index in [2.05, 4.69) is 0 Å². The number of hydrogen-bond acceptors (Lipinski definition) is 2. The van der Waals surface area contributed by atoms with Crippen molar-refractivity contribution in [3.8, 4) is 5.75 Å². The van der Waals surface area contributed by atoms with E-state index in [4.69, 9.17) is 9.84 Å². The number of carboxylic acid groups (broad SMARTS) is 1. The van der Waals surface area contributed by atoms with Gasteiger partial charge in [0.2, 0.25) is 0 Å².